The van der Waals surface area contributed by atoms with Gasteiger partial charge >= 0.3 is 6.09 Å². The zero-order valence-electron chi connectivity index (χ0n) is 14.3. The van der Waals surface area contributed by atoms with E-state index in [1.165, 1.54) is 0 Å². The van der Waals surface area contributed by atoms with Gasteiger partial charge in [-0.05, 0) is 51.6 Å². The summed E-state index contributed by atoms with van der Waals surface area (Å²) in [6.07, 6.45) is 4.43. The van der Waals surface area contributed by atoms with Crippen LogP contribution in [0, 0.1) is 0 Å². The number of nitrogens with one attached hydrogen (secondary N) is 1. The fourth-order valence-corrected chi connectivity index (χ4v) is 3.00. The van der Waals surface area contributed by atoms with Crippen LogP contribution in [0.3, 0.4) is 0 Å². The maximum absolute atomic E-state index is 12.4. The molecule has 1 aliphatic heterocycles. The maximum atomic E-state index is 12.4. The highest BCUT2D eigenvalue weighted by Gasteiger charge is 2.30. The number of piperidine rings is 1. The van der Waals surface area contributed by atoms with Gasteiger partial charge in [0.25, 0.3) is 0 Å². The number of nitrogens with zero attached hydrogens (tertiary/aromatic N) is 3. The molecule has 1 amide bonds. The lowest BCUT2D eigenvalue weighted by Crippen LogP contribution is -2.50. The topological polar surface area (TPSA) is 67.3 Å². The van der Waals surface area contributed by atoms with E-state index < -0.39 is 5.60 Å². The summed E-state index contributed by atoms with van der Waals surface area (Å²) in [6.45, 7) is 7.55. The Morgan fingerprint density at radius 2 is 2.17 bits per heavy atom. The van der Waals surface area contributed by atoms with E-state index >= 15 is 0 Å². The van der Waals surface area contributed by atoms with Gasteiger partial charge in [-0.25, -0.2) is 14.8 Å². The minimum Gasteiger partial charge on any atom is -0.444 e. The summed E-state index contributed by atoms with van der Waals surface area (Å²) in [5.74, 6) is 0. The van der Waals surface area contributed by atoms with Crippen molar-refractivity contribution in [3.8, 4) is 0 Å². The molecule has 1 saturated heterocycles. The highest BCUT2D eigenvalue weighted by molar-refractivity contribution is 6.32. The number of amides is 1. The van der Waals surface area contributed by atoms with Gasteiger partial charge in [0, 0.05) is 37.4 Å². The molecule has 0 saturated carbocycles. The van der Waals surface area contributed by atoms with E-state index in [-0.39, 0.29) is 17.4 Å². The van der Waals surface area contributed by atoms with Crippen LogP contribution in [0.15, 0.2) is 6.20 Å². The summed E-state index contributed by atoms with van der Waals surface area (Å²) < 4.78 is 5.51. The molecule has 2 heterocycles. The zero-order chi connectivity index (χ0) is 17.7. The Bertz CT molecular complexity index is 578. The standard InChI is InChI=1S/C16H24Cl2N4O2/c1-16(2,3)24-15(23)22-7-5-4-6-12(22)10-19-8-11-9-20-14(18)21-13(11)17/h9,12,19H,4-8,10H2,1-3H3/t12-/m1/s1. The van der Waals surface area contributed by atoms with E-state index in [0.717, 1.165) is 31.4 Å². The second-order valence-electron chi connectivity index (χ2n) is 6.91. The van der Waals surface area contributed by atoms with E-state index in [1.54, 1.807) is 6.20 Å². The molecule has 0 radical (unpaired) electrons. The normalized spacial score (nSPS) is 18.5. The van der Waals surface area contributed by atoms with Crippen LogP contribution < -0.4 is 5.32 Å². The van der Waals surface area contributed by atoms with E-state index in [1.807, 2.05) is 25.7 Å². The van der Waals surface area contributed by atoms with Crippen molar-refractivity contribution in [1.82, 2.24) is 20.2 Å². The van der Waals surface area contributed by atoms with Crippen LogP contribution in [-0.2, 0) is 11.3 Å². The minimum atomic E-state index is -0.485. The van der Waals surface area contributed by atoms with Crippen LogP contribution >= 0.6 is 23.2 Å². The molecule has 0 aromatic carbocycles. The third-order valence-corrected chi connectivity index (χ3v) is 4.24. The molecule has 0 spiro atoms. The Balaban J connectivity index is 1.90. The first-order valence-electron chi connectivity index (χ1n) is 8.13. The Morgan fingerprint density at radius 1 is 1.42 bits per heavy atom. The van der Waals surface area contributed by atoms with E-state index in [9.17, 15) is 4.79 Å². The summed E-state index contributed by atoms with van der Waals surface area (Å²) in [7, 11) is 0. The molecule has 2 rings (SSSR count). The highest BCUT2D eigenvalue weighted by atomic mass is 35.5. The monoisotopic (exact) mass is 374 g/mol. The summed E-state index contributed by atoms with van der Waals surface area (Å²) in [5.41, 5.74) is 0.293. The Kier molecular flexibility index (Phi) is 6.66. The average molecular weight is 375 g/mol. The summed E-state index contributed by atoms with van der Waals surface area (Å²) in [4.78, 5) is 22.0. The zero-order valence-corrected chi connectivity index (χ0v) is 15.8. The van der Waals surface area contributed by atoms with Crippen molar-refractivity contribution < 1.29 is 9.53 Å². The molecule has 1 aromatic heterocycles. The van der Waals surface area contributed by atoms with Gasteiger partial charge in [0.05, 0.1) is 0 Å². The molecule has 24 heavy (non-hydrogen) atoms. The summed E-state index contributed by atoms with van der Waals surface area (Å²) >= 11 is 11.7. The van der Waals surface area contributed by atoms with Crippen LogP contribution in [0.5, 0.6) is 0 Å². The lowest BCUT2D eigenvalue weighted by atomic mass is 10.0. The number of likely N-dealkylation sites (tertiary alicyclic amines) is 1. The molecular weight excluding hydrogens is 351 g/mol. The molecule has 6 nitrogen and oxygen atoms in total. The SMILES string of the molecule is CC(C)(C)OC(=O)N1CCCC[C@@H]1CNCc1cnc(Cl)nc1Cl. The first-order chi connectivity index (χ1) is 11.3. The number of ether oxygens (including phenoxy) is 1. The molecule has 1 aliphatic rings. The summed E-state index contributed by atoms with van der Waals surface area (Å²) in [5, 5.41) is 3.80. The summed E-state index contributed by atoms with van der Waals surface area (Å²) in [6, 6.07) is 0.112. The van der Waals surface area contributed by atoms with Crippen molar-refractivity contribution in [3.05, 3.63) is 22.2 Å². The molecule has 8 heteroatoms. The van der Waals surface area contributed by atoms with Crippen molar-refractivity contribution in [2.75, 3.05) is 13.1 Å². The van der Waals surface area contributed by atoms with Crippen LogP contribution in [-0.4, -0.2) is 45.7 Å². The number of carbonyl (C=O) groups excluding carboxylic acids is 1. The first kappa shape index (κ1) is 19.2. The van der Waals surface area contributed by atoms with Gasteiger partial charge in [-0.15, -0.1) is 0 Å². The molecule has 134 valence electrons. The number of halogens is 2. The number of hydrogen-bond donors (Lipinski definition) is 1. The smallest absolute Gasteiger partial charge is 0.410 e. The Labute approximate surface area is 152 Å². The van der Waals surface area contributed by atoms with Crippen LogP contribution in [0.1, 0.15) is 45.6 Å². The van der Waals surface area contributed by atoms with Crippen LogP contribution in [0.2, 0.25) is 10.4 Å². The lowest BCUT2D eigenvalue weighted by Gasteiger charge is -2.37. The van der Waals surface area contributed by atoms with E-state index in [0.29, 0.717) is 18.2 Å². The quantitative estimate of drug-likeness (QED) is 0.643. The van der Waals surface area contributed by atoms with Gasteiger partial charge in [0.15, 0.2) is 0 Å². The van der Waals surface area contributed by atoms with Crippen molar-refractivity contribution in [2.45, 2.75) is 58.2 Å². The van der Waals surface area contributed by atoms with Gasteiger partial charge < -0.3 is 15.0 Å². The van der Waals surface area contributed by atoms with E-state index in [4.69, 9.17) is 27.9 Å². The van der Waals surface area contributed by atoms with Crippen molar-refractivity contribution in [2.24, 2.45) is 0 Å². The number of rotatable bonds is 4. The number of aromatic nitrogens is 2. The Hall–Kier alpha value is -1.11. The third-order valence-electron chi connectivity index (χ3n) is 3.73. The second-order valence-corrected chi connectivity index (χ2v) is 7.61. The predicted octanol–water partition coefficient (Wildman–Crippen LogP) is 3.66. The first-order valence-corrected chi connectivity index (χ1v) is 8.89. The van der Waals surface area contributed by atoms with Gasteiger partial charge in [-0.3, -0.25) is 0 Å². The van der Waals surface area contributed by atoms with E-state index in [2.05, 4.69) is 15.3 Å². The predicted molar refractivity (Wildman–Crippen MR) is 94.3 cm³/mol. The van der Waals surface area contributed by atoms with Crippen molar-refractivity contribution in [3.63, 3.8) is 0 Å². The fraction of sp³-hybridized carbons (Fsp3) is 0.688. The second kappa shape index (κ2) is 8.32. The Morgan fingerprint density at radius 3 is 2.83 bits per heavy atom. The van der Waals surface area contributed by atoms with Gasteiger partial charge in [0.2, 0.25) is 5.28 Å². The molecule has 1 N–H and O–H groups in total. The molecule has 1 atom stereocenters. The van der Waals surface area contributed by atoms with Crippen molar-refractivity contribution >= 4 is 29.3 Å². The minimum absolute atomic E-state index is 0.112. The maximum Gasteiger partial charge on any atom is 0.410 e. The van der Waals surface area contributed by atoms with Gasteiger partial charge in [0.1, 0.15) is 10.8 Å². The molecule has 1 aromatic rings. The largest absolute Gasteiger partial charge is 0.444 e. The molecule has 0 unspecified atom stereocenters. The molecular formula is C16H24Cl2N4O2. The number of carbonyl (C=O) groups is 1. The molecule has 1 fully saturated rings. The van der Waals surface area contributed by atoms with Crippen LogP contribution in [0.4, 0.5) is 4.79 Å². The molecule has 0 bridgehead atoms. The molecule has 0 aliphatic carbocycles. The van der Waals surface area contributed by atoms with Gasteiger partial charge in [-0.1, -0.05) is 11.6 Å². The third kappa shape index (κ3) is 5.76. The lowest BCUT2D eigenvalue weighted by molar-refractivity contribution is 0.00993. The van der Waals surface area contributed by atoms with Crippen molar-refractivity contribution in [1.29, 1.82) is 0 Å². The highest BCUT2D eigenvalue weighted by Crippen LogP contribution is 2.20. The average Bonchev–Trinajstić information content (AvgIpc) is 2.48. The van der Waals surface area contributed by atoms with Crippen LogP contribution in [0.25, 0.3) is 0 Å². The fourth-order valence-electron chi connectivity index (χ4n) is 2.63. The number of hydrogen-bond acceptors (Lipinski definition) is 5. The van der Waals surface area contributed by atoms with Gasteiger partial charge in [-0.2, -0.15) is 0 Å².